The molecule has 0 aromatic carbocycles. The SMILES string of the molecule is Clc1ncccc1OCC1CN(Cc2ccoc2)CCO1. The summed E-state index contributed by atoms with van der Waals surface area (Å²) in [5, 5.41) is 0.378. The highest BCUT2D eigenvalue weighted by atomic mass is 35.5. The van der Waals surface area contributed by atoms with E-state index in [2.05, 4.69) is 9.88 Å². The van der Waals surface area contributed by atoms with Crippen LogP contribution in [-0.4, -0.2) is 42.3 Å². The minimum absolute atomic E-state index is 0.0296. The zero-order chi connectivity index (χ0) is 14.5. The summed E-state index contributed by atoms with van der Waals surface area (Å²) in [6.07, 6.45) is 5.14. The molecule has 0 saturated carbocycles. The largest absolute Gasteiger partial charge is 0.488 e. The second kappa shape index (κ2) is 6.93. The minimum Gasteiger partial charge on any atom is -0.488 e. The molecule has 0 radical (unpaired) electrons. The number of halogens is 1. The number of morpholine rings is 1. The third-order valence-electron chi connectivity index (χ3n) is 3.36. The lowest BCUT2D eigenvalue weighted by molar-refractivity contribution is -0.0504. The fourth-order valence-corrected chi connectivity index (χ4v) is 2.50. The number of aromatic nitrogens is 1. The number of hydrogen-bond acceptors (Lipinski definition) is 5. The first kappa shape index (κ1) is 14.4. The lowest BCUT2D eigenvalue weighted by atomic mass is 10.2. The molecule has 0 aliphatic carbocycles. The normalized spacial score (nSPS) is 19.6. The summed E-state index contributed by atoms with van der Waals surface area (Å²) in [6.45, 7) is 3.77. The smallest absolute Gasteiger partial charge is 0.171 e. The van der Waals surface area contributed by atoms with Gasteiger partial charge in [-0.3, -0.25) is 4.90 Å². The van der Waals surface area contributed by atoms with Gasteiger partial charge in [0.2, 0.25) is 0 Å². The first-order valence-corrected chi connectivity index (χ1v) is 7.27. The number of ether oxygens (including phenoxy) is 2. The fourth-order valence-electron chi connectivity index (χ4n) is 2.33. The minimum atomic E-state index is 0.0296. The van der Waals surface area contributed by atoms with Crippen molar-refractivity contribution in [3.05, 3.63) is 47.6 Å². The van der Waals surface area contributed by atoms with E-state index in [0.717, 1.165) is 19.6 Å². The Morgan fingerprint density at radius 2 is 2.38 bits per heavy atom. The summed E-state index contributed by atoms with van der Waals surface area (Å²) in [4.78, 5) is 6.31. The average Bonchev–Trinajstić information content (AvgIpc) is 3.00. The summed E-state index contributed by atoms with van der Waals surface area (Å²) in [5.41, 5.74) is 1.17. The third-order valence-corrected chi connectivity index (χ3v) is 3.64. The second-order valence-corrected chi connectivity index (χ2v) is 5.32. The first-order valence-electron chi connectivity index (χ1n) is 6.89. The van der Waals surface area contributed by atoms with Gasteiger partial charge in [0.15, 0.2) is 10.9 Å². The molecule has 5 nitrogen and oxygen atoms in total. The van der Waals surface area contributed by atoms with Gasteiger partial charge >= 0.3 is 0 Å². The van der Waals surface area contributed by atoms with Gasteiger partial charge in [-0.1, -0.05) is 11.6 Å². The quantitative estimate of drug-likeness (QED) is 0.795. The Bertz CT molecular complexity index is 562. The molecule has 2 aromatic rings. The average molecular weight is 309 g/mol. The van der Waals surface area contributed by atoms with Crippen LogP contribution in [0.3, 0.4) is 0 Å². The van der Waals surface area contributed by atoms with Crippen molar-refractivity contribution < 1.29 is 13.9 Å². The van der Waals surface area contributed by atoms with Crippen LogP contribution in [0.15, 0.2) is 41.3 Å². The summed E-state index contributed by atoms with van der Waals surface area (Å²) in [5.74, 6) is 0.592. The Morgan fingerprint density at radius 3 is 3.19 bits per heavy atom. The van der Waals surface area contributed by atoms with Crippen molar-refractivity contribution in [2.45, 2.75) is 12.6 Å². The van der Waals surface area contributed by atoms with E-state index in [4.69, 9.17) is 25.5 Å². The van der Waals surface area contributed by atoms with Crippen LogP contribution in [0.5, 0.6) is 5.75 Å². The summed E-state index contributed by atoms with van der Waals surface area (Å²) >= 11 is 5.97. The van der Waals surface area contributed by atoms with E-state index in [1.165, 1.54) is 5.56 Å². The molecule has 1 atom stereocenters. The molecule has 0 N–H and O–H groups in total. The lowest BCUT2D eigenvalue weighted by Gasteiger charge is -2.32. The molecule has 3 heterocycles. The van der Waals surface area contributed by atoms with E-state index in [0.29, 0.717) is 24.1 Å². The molecule has 1 fully saturated rings. The maximum absolute atomic E-state index is 5.97. The number of hydrogen-bond donors (Lipinski definition) is 0. The van der Waals surface area contributed by atoms with Crippen LogP contribution in [0, 0.1) is 0 Å². The van der Waals surface area contributed by atoms with Crippen molar-refractivity contribution in [1.29, 1.82) is 0 Å². The molecule has 21 heavy (non-hydrogen) atoms. The van der Waals surface area contributed by atoms with Crippen LogP contribution in [-0.2, 0) is 11.3 Å². The molecule has 1 aliphatic rings. The predicted octanol–water partition coefficient (Wildman–Crippen LogP) is 2.61. The van der Waals surface area contributed by atoms with Crippen molar-refractivity contribution in [2.75, 3.05) is 26.3 Å². The molecule has 0 spiro atoms. The highest BCUT2D eigenvalue weighted by Crippen LogP contribution is 2.21. The van der Waals surface area contributed by atoms with Crippen LogP contribution in [0.25, 0.3) is 0 Å². The van der Waals surface area contributed by atoms with Gasteiger partial charge in [-0.15, -0.1) is 0 Å². The van der Waals surface area contributed by atoms with Crippen molar-refractivity contribution in [1.82, 2.24) is 9.88 Å². The fraction of sp³-hybridized carbons (Fsp3) is 0.400. The molecule has 0 amide bonds. The molecule has 3 rings (SSSR count). The van der Waals surface area contributed by atoms with Gasteiger partial charge in [-0.05, 0) is 18.2 Å². The van der Waals surface area contributed by atoms with Gasteiger partial charge in [-0.2, -0.15) is 0 Å². The van der Waals surface area contributed by atoms with Crippen molar-refractivity contribution in [3.63, 3.8) is 0 Å². The molecule has 0 bridgehead atoms. The predicted molar refractivity (Wildman–Crippen MR) is 78.5 cm³/mol. The van der Waals surface area contributed by atoms with Crippen molar-refractivity contribution in [3.8, 4) is 5.75 Å². The molecule has 6 heteroatoms. The van der Waals surface area contributed by atoms with Crippen molar-refractivity contribution >= 4 is 11.6 Å². The van der Waals surface area contributed by atoms with Gasteiger partial charge in [0, 0.05) is 31.4 Å². The van der Waals surface area contributed by atoms with E-state index in [-0.39, 0.29) is 6.10 Å². The van der Waals surface area contributed by atoms with Gasteiger partial charge < -0.3 is 13.9 Å². The maximum Gasteiger partial charge on any atom is 0.171 e. The van der Waals surface area contributed by atoms with E-state index < -0.39 is 0 Å². The monoisotopic (exact) mass is 308 g/mol. The molecule has 1 aliphatic heterocycles. The van der Waals surface area contributed by atoms with Crippen LogP contribution >= 0.6 is 11.6 Å². The topological polar surface area (TPSA) is 47.7 Å². The summed E-state index contributed by atoms with van der Waals surface area (Å²) < 4.78 is 16.5. The zero-order valence-electron chi connectivity index (χ0n) is 11.6. The van der Waals surface area contributed by atoms with Crippen LogP contribution in [0.2, 0.25) is 5.15 Å². The van der Waals surface area contributed by atoms with E-state index >= 15 is 0 Å². The standard InChI is InChI=1S/C15H17ClN2O3/c16-15-14(2-1-4-17-15)21-11-13-9-18(5-7-20-13)8-12-3-6-19-10-12/h1-4,6,10,13H,5,7-9,11H2. The summed E-state index contributed by atoms with van der Waals surface area (Å²) in [7, 11) is 0. The molecule has 112 valence electrons. The Labute approximate surface area is 128 Å². The van der Waals surface area contributed by atoms with Crippen molar-refractivity contribution in [2.24, 2.45) is 0 Å². The molecule has 2 aromatic heterocycles. The maximum atomic E-state index is 5.97. The van der Waals surface area contributed by atoms with Crippen LogP contribution in [0.4, 0.5) is 0 Å². The number of furan rings is 1. The van der Waals surface area contributed by atoms with Gasteiger partial charge in [0.05, 0.1) is 19.1 Å². The second-order valence-electron chi connectivity index (χ2n) is 4.96. The van der Waals surface area contributed by atoms with E-state index in [1.54, 1.807) is 30.9 Å². The Hall–Kier alpha value is -1.56. The van der Waals surface area contributed by atoms with Gasteiger partial charge in [-0.25, -0.2) is 4.98 Å². The lowest BCUT2D eigenvalue weighted by Crippen LogP contribution is -2.44. The number of pyridine rings is 1. The highest BCUT2D eigenvalue weighted by Gasteiger charge is 2.21. The molecular formula is C15H17ClN2O3. The van der Waals surface area contributed by atoms with E-state index in [9.17, 15) is 0 Å². The number of rotatable bonds is 5. The summed E-state index contributed by atoms with van der Waals surface area (Å²) in [6, 6.07) is 5.59. The molecule has 1 saturated heterocycles. The molecular weight excluding hydrogens is 292 g/mol. The zero-order valence-corrected chi connectivity index (χ0v) is 12.3. The Balaban J connectivity index is 1.51. The van der Waals surface area contributed by atoms with Gasteiger partial charge in [0.25, 0.3) is 0 Å². The Morgan fingerprint density at radius 1 is 1.43 bits per heavy atom. The van der Waals surface area contributed by atoms with Crippen LogP contribution in [0.1, 0.15) is 5.56 Å². The Kier molecular flexibility index (Phi) is 4.75. The van der Waals surface area contributed by atoms with E-state index in [1.807, 2.05) is 6.07 Å². The van der Waals surface area contributed by atoms with Gasteiger partial charge in [0.1, 0.15) is 12.7 Å². The third kappa shape index (κ3) is 3.97. The number of nitrogens with zero attached hydrogens (tertiary/aromatic N) is 2. The first-order chi connectivity index (χ1) is 10.3. The molecule has 1 unspecified atom stereocenters. The van der Waals surface area contributed by atoms with Crippen LogP contribution < -0.4 is 4.74 Å². The highest BCUT2D eigenvalue weighted by molar-refractivity contribution is 6.30.